The molecule has 180 valence electrons. The number of aryl methyl sites for hydroxylation is 1. The number of piperidine rings is 1. The van der Waals surface area contributed by atoms with E-state index < -0.39 is 23.6 Å². The third-order valence-corrected chi connectivity index (χ3v) is 5.50. The Hall–Kier alpha value is -2.92. The lowest BCUT2D eigenvalue weighted by molar-refractivity contribution is -0.143. The molecule has 0 aliphatic carbocycles. The second kappa shape index (κ2) is 10.3. The van der Waals surface area contributed by atoms with Gasteiger partial charge in [-0.05, 0) is 50.1 Å². The molecule has 0 radical (unpaired) electrons. The average molecular weight is 468 g/mol. The summed E-state index contributed by atoms with van der Waals surface area (Å²) < 4.78 is 43.5. The van der Waals surface area contributed by atoms with Gasteiger partial charge in [0, 0.05) is 25.2 Å². The van der Waals surface area contributed by atoms with Crippen molar-refractivity contribution in [3.8, 4) is 17.0 Å². The molecule has 2 atom stereocenters. The number of aromatic nitrogens is 2. The quantitative estimate of drug-likeness (QED) is 0.533. The van der Waals surface area contributed by atoms with E-state index in [1.807, 2.05) is 0 Å². The molecule has 33 heavy (non-hydrogen) atoms. The lowest BCUT2D eigenvalue weighted by Crippen LogP contribution is -2.50. The largest absolute Gasteiger partial charge is 0.507 e. The first-order chi connectivity index (χ1) is 15.6. The fraction of sp³-hybridized carbons (Fsp3) is 0.500. The number of esters is 1. The summed E-state index contributed by atoms with van der Waals surface area (Å²) in [5.74, 6) is -0.418. The lowest BCUT2D eigenvalue weighted by Gasteiger charge is -2.36. The van der Waals surface area contributed by atoms with Gasteiger partial charge in [0.2, 0.25) is 0 Å². The standard InChI is InChI=1S/C22H27F3N4O4/c1-3-33-20(32)7-9-29-8-6-17(30)16(12-29)26-19-10-13(2)21(28-27-19)15-5-4-14(11-18(15)31)22(23,24)25/h4-5,10-11,16-17,30-31H,3,6-9,12H2,1-2H3,(H,26,27)/t16-,17+/m0/s1. The molecule has 3 N–H and O–H groups in total. The number of phenolic OH excluding ortho intramolecular Hbond substituents is 1. The van der Waals surface area contributed by atoms with Crippen LogP contribution in [0.4, 0.5) is 19.0 Å². The zero-order chi connectivity index (χ0) is 24.2. The van der Waals surface area contributed by atoms with Crippen molar-refractivity contribution in [1.82, 2.24) is 15.1 Å². The van der Waals surface area contributed by atoms with E-state index in [2.05, 4.69) is 20.4 Å². The monoisotopic (exact) mass is 468 g/mol. The highest BCUT2D eigenvalue weighted by Crippen LogP contribution is 2.36. The van der Waals surface area contributed by atoms with Gasteiger partial charge in [-0.15, -0.1) is 10.2 Å². The van der Waals surface area contributed by atoms with Crippen LogP contribution in [0.3, 0.4) is 0 Å². The molecule has 0 saturated carbocycles. The molecule has 1 fully saturated rings. The van der Waals surface area contributed by atoms with Crippen LogP contribution >= 0.6 is 0 Å². The molecule has 1 aliphatic rings. The van der Waals surface area contributed by atoms with Crippen LogP contribution in [0.2, 0.25) is 0 Å². The lowest BCUT2D eigenvalue weighted by atomic mass is 10.0. The van der Waals surface area contributed by atoms with E-state index >= 15 is 0 Å². The maximum atomic E-state index is 12.8. The van der Waals surface area contributed by atoms with Crippen molar-refractivity contribution in [3.63, 3.8) is 0 Å². The van der Waals surface area contributed by atoms with Gasteiger partial charge in [-0.1, -0.05) is 0 Å². The van der Waals surface area contributed by atoms with E-state index in [1.54, 1.807) is 19.9 Å². The minimum atomic E-state index is -4.56. The van der Waals surface area contributed by atoms with Crippen molar-refractivity contribution < 1.29 is 32.9 Å². The van der Waals surface area contributed by atoms with Crippen LogP contribution in [-0.4, -0.2) is 69.7 Å². The Morgan fingerprint density at radius 2 is 2.06 bits per heavy atom. The molecule has 0 amide bonds. The topological polar surface area (TPSA) is 108 Å². The van der Waals surface area contributed by atoms with E-state index in [4.69, 9.17) is 4.74 Å². The SMILES string of the molecule is CCOC(=O)CCN1CC[C@@H](O)[C@@H](Nc2cc(C)c(-c3ccc(C(F)(F)F)cc3O)nn2)C1. The Morgan fingerprint density at radius 3 is 2.70 bits per heavy atom. The first kappa shape index (κ1) is 24.7. The summed E-state index contributed by atoms with van der Waals surface area (Å²) in [6.07, 6.45) is -4.40. The second-order valence-electron chi connectivity index (χ2n) is 7.95. The zero-order valence-corrected chi connectivity index (χ0v) is 18.4. The summed E-state index contributed by atoms with van der Waals surface area (Å²) >= 11 is 0. The summed E-state index contributed by atoms with van der Waals surface area (Å²) in [4.78, 5) is 13.6. The molecule has 0 unspecified atom stereocenters. The average Bonchev–Trinajstić information content (AvgIpc) is 2.74. The van der Waals surface area contributed by atoms with Crippen molar-refractivity contribution in [2.75, 3.05) is 31.6 Å². The van der Waals surface area contributed by atoms with Gasteiger partial charge < -0.3 is 25.2 Å². The van der Waals surface area contributed by atoms with E-state index in [9.17, 15) is 28.2 Å². The zero-order valence-electron chi connectivity index (χ0n) is 18.4. The van der Waals surface area contributed by atoms with Crippen molar-refractivity contribution in [2.45, 2.75) is 45.0 Å². The molecule has 0 bridgehead atoms. The maximum Gasteiger partial charge on any atom is 0.416 e. The molecular formula is C22H27F3N4O4. The molecule has 1 aromatic heterocycles. The Kier molecular flexibility index (Phi) is 7.75. The van der Waals surface area contributed by atoms with Gasteiger partial charge in [0.05, 0.1) is 36.4 Å². The number of benzene rings is 1. The van der Waals surface area contributed by atoms with Crippen LogP contribution in [0.1, 0.15) is 30.9 Å². The van der Waals surface area contributed by atoms with E-state index in [-0.39, 0.29) is 29.7 Å². The Balaban J connectivity index is 1.69. The van der Waals surface area contributed by atoms with E-state index in [1.165, 1.54) is 0 Å². The van der Waals surface area contributed by atoms with Crippen LogP contribution in [0.15, 0.2) is 24.3 Å². The number of carbonyl (C=O) groups is 1. The van der Waals surface area contributed by atoms with Gasteiger partial charge >= 0.3 is 12.1 Å². The number of halogens is 3. The number of carbonyl (C=O) groups excluding carboxylic acids is 1. The fourth-order valence-corrected chi connectivity index (χ4v) is 3.75. The number of hydrogen-bond acceptors (Lipinski definition) is 8. The van der Waals surface area contributed by atoms with Crippen molar-refractivity contribution in [2.24, 2.45) is 0 Å². The predicted octanol–water partition coefficient (Wildman–Crippen LogP) is 2.98. The number of ether oxygens (including phenoxy) is 1. The summed E-state index contributed by atoms with van der Waals surface area (Å²) in [7, 11) is 0. The van der Waals surface area contributed by atoms with Gasteiger partial charge in [0.1, 0.15) is 11.6 Å². The number of hydrogen-bond donors (Lipinski definition) is 3. The number of alkyl halides is 3. The molecule has 2 aromatic rings. The summed E-state index contributed by atoms with van der Waals surface area (Å²) in [6.45, 7) is 5.44. The van der Waals surface area contributed by atoms with Gasteiger partial charge in [0.15, 0.2) is 0 Å². The van der Waals surface area contributed by atoms with E-state index in [0.717, 1.165) is 12.1 Å². The predicted molar refractivity (Wildman–Crippen MR) is 115 cm³/mol. The number of aliphatic hydroxyl groups excluding tert-OH is 1. The molecule has 3 rings (SSSR count). The number of anilines is 1. The summed E-state index contributed by atoms with van der Waals surface area (Å²) in [5.41, 5.74) is 0.0351. The van der Waals surface area contributed by atoms with Crippen molar-refractivity contribution >= 4 is 11.8 Å². The molecule has 2 heterocycles. The minimum absolute atomic E-state index is 0.141. The number of aromatic hydroxyl groups is 1. The summed E-state index contributed by atoms with van der Waals surface area (Å²) in [5, 5.41) is 31.8. The second-order valence-corrected chi connectivity index (χ2v) is 7.95. The van der Waals surface area contributed by atoms with E-state index in [0.29, 0.717) is 50.1 Å². The number of aliphatic hydroxyl groups is 1. The highest BCUT2D eigenvalue weighted by molar-refractivity contribution is 5.71. The molecule has 8 nitrogen and oxygen atoms in total. The minimum Gasteiger partial charge on any atom is -0.507 e. The Morgan fingerprint density at radius 1 is 1.30 bits per heavy atom. The number of nitrogens with zero attached hydrogens (tertiary/aromatic N) is 3. The van der Waals surface area contributed by atoms with Gasteiger partial charge in [-0.3, -0.25) is 4.79 Å². The molecular weight excluding hydrogens is 441 g/mol. The third kappa shape index (κ3) is 6.32. The highest BCUT2D eigenvalue weighted by Gasteiger charge is 2.32. The van der Waals surface area contributed by atoms with Crippen molar-refractivity contribution in [3.05, 3.63) is 35.4 Å². The number of nitrogens with one attached hydrogen (secondary N) is 1. The molecule has 1 saturated heterocycles. The Labute approximate surface area is 189 Å². The third-order valence-electron chi connectivity index (χ3n) is 5.50. The number of likely N-dealkylation sites (tertiary alicyclic amines) is 1. The van der Waals surface area contributed by atoms with Gasteiger partial charge in [-0.25, -0.2) is 0 Å². The van der Waals surface area contributed by atoms with Crippen LogP contribution in [0.5, 0.6) is 5.75 Å². The maximum absolute atomic E-state index is 12.8. The van der Waals surface area contributed by atoms with Gasteiger partial charge in [-0.2, -0.15) is 13.2 Å². The fourth-order valence-electron chi connectivity index (χ4n) is 3.75. The molecule has 11 heteroatoms. The first-order valence-electron chi connectivity index (χ1n) is 10.7. The molecule has 0 spiro atoms. The van der Waals surface area contributed by atoms with Crippen LogP contribution < -0.4 is 5.32 Å². The first-order valence-corrected chi connectivity index (χ1v) is 10.7. The van der Waals surface area contributed by atoms with Crippen LogP contribution in [-0.2, 0) is 15.7 Å². The number of rotatable bonds is 7. The van der Waals surface area contributed by atoms with Crippen LogP contribution in [0, 0.1) is 6.92 Å². The van der Waals surface area contributed by atoms with Crippen LogP contribution in [0.25, 0.3) is 11.3 Å². The Bertz CT molecular complexity index is 987. The van der Waals surface area contributed by atoms with Gasteiger partial charge in [0.25, 0.3) is 0 Å². The molecule has 1 aliphatic heterocycles. The van der Waals surface area contributed by atoms with Crippen molar-refractivity contribution in [1.29, 1.82) is 0 Å². The normalized spacial score (nSPS) is 19.3. The highest BCUT2D eigenvalue weighted by atomic mass is 19.4. The molecule has 1 aromatic carbocycles. The summed E-state index contributed by atoms with van der Waals surface area (Å²) in [6, 6.07) is 4.01. The number of phenols is 1. The smallest absolute Gasteiger partial charge is 0.416 e.